The molecule has 2 aliphatic heterocycles. The third-order valence-corrected chi connectivity index (χ3v) is 5.50. The monoisotopic (exact) mass is 358 g/mol. The molecular formula is C22H10N6. The molecule has 5 aromatic carbocycles. The van der Waals surface area contributed by atoms with Crippen LogP contribution in [0.15, 0.2) is 91.5 Å². The second-order valence-corrected chi connectivity index (χ2v) is 7.21. The molecule has 0 N–H and O–H groups in total. The summed E-state index contributed by atoms with van der Waals surface area (Å²) >= 11 is 0. The second kappa shape index (κ2) is 4.80. The van der Waals surface area contributed by atoms with E-state index in [1.807, 2.05) is 24.3 Å². The average molecular weight is 358 g/mol. The quantitative estimate of drug-likeness (QED) is 0.325. The maximum absolute atomic E-state index is 4.08. The molecule has 0 fully saturated rings. The van der Waals surface area contributed by atoms with Crippen LogP contribution < -0.4 is 10.7 Å². The summed E-state index contributed by atoms with van der Waals surface area (Å²) in [6, 6.07) is 21.5. The van der Waals surface area contributed by atoms with Gasteiger partial charge in [-0.05, 0) is 114 Å². The Labute approximate surface area is 157 Å². The molecular weight excluding hydrogens is 348 g/mol. The maximum Gasteiger partial charge on any atom is 0.116 e. The van der Waals surface area contributed by atoms with Crippen molar-refractivity contribution in [3.8, 4) is 0 Å². The van der Waals surface area contributed by atoms with Crippen LogP contribution in [0.3, 0.4) is 0 Å². The second-order valence-electron chi connectivity index (χ2n) is 7.21. The molecule has 6 nitrogen and oxygen atoms in total. The van der Waals surface area contributed by atoms with Crippen LogP contribution in [0, 0.1) is 0 Å². The van der Waals surface area contributed by atoms with Crippen molar-refractivity contribution in [3.05, 3.63) is 71.4 Å². The van der Waals surface area contributed by atoms with Crippen LogP contribution in [0.5, 0.6) is 0 Å². The summed E-state index contributed by atoms with van der Waals surface area (Å²) in [5.41, 5.74) is 1.65. The molecule has 28 heavy (non-hydrogen) atoms. The Bertz CT molecular complexity index is 1580. The summed E-state index contributed by atoms with van der Waals surface area (Å²) in [4.78, 5) is 0. The van der Waals surface area contributed by atoms with Gasteiger partial charge in [-0.2, -0.15) is 0 Å². The molecule has 0 unspecified atom stereocenters. The highest BCUT2D eigenvalue weighted by atomic mass is 15.4. The molecule has 0 aromatic heterocycles. The fourth-order valence-corrected chi connectivity index (χ4v) is 4.11. The van der Waals surface area contributed by atoms with Crippen molar-refractivity contribution in [2.24, 2.45) is 30.9 Å². The predicted octanol–water partition coefficient (Wildman–Crippen LogP) is 5.56. The molecule has 2 heterocycles. The minimum absolute atomic E-state index is 0.826. The molecule has 0 atom stereocenters. The summed E-state index contributed by atoms with van der Waals surface area (Å²) in [6.45, 7) is 0. The lowest BCUT2D eigenvalue weighted by atomic mass is 9.97. The zero-order valence-electron chi connectivity index (χ0n) is 14.5. The Morgan fingerprint density at radius 2 is 0.679 bits per heavy atom. The van der Waals surface area contributed by atoms with Crippen LogP contribution in [-0.2, 0) is 0 Å². The van der Waals surface area contributed by atoms with Gasteiger partial charge < -0.3 is 0 Å². The molecule has 0 amide bonds. The van der Waals surface area contributed by atoms with Crippen molar-refractivity contribution in [2.45, 2.75) is 0 Å². The third kappa shape index (κ3) is 1.86. The Hall–Kier alpha value is -4.06. The van der Waals surface area contributed by atoms with Crippen LogP contribution in [0.1, 0.15) is 0 Å². The van der Waals surface area contributed by atoms with Crippen molar-refractivity contribution in [2.75, 3.05) is 0 Å². The van der Waals surface area contributed by atoms with E-state index in [1.54, 1.807) is 0 Å². The standard InChI is InChI=1S/C22H10N6/c1-11-3-15-7-19-21(25-27-23-19)9-17(15)5-13(11)2-14-6-18-10-22-20(24-28-26-22)8-16(18)4-12(1)14/h1-10H. The summed E-state index contributed by atoms with van der Waals surface area (Å²) in [5.74, 6) is 0. The van der Waals surface area contributed by atoms with Gasteiger partial charge in [-0.1, -0.05) is 0 Å². The number of fused-ring (bicyclic) bond motifs is 6. The van der Waals surface area contributed by atoms with E-state index < -0.39 is 0 Å². The topological polar surface area (TPSA) is 74.2 Å². The van der Waals surface area contributed by atoms with Crippen LogP contribution in [-0.4, -0.2) is 0 Å². The molecule has 128 valence electrons. The minimum atomic E-state index is 0.826. The van der Waals surface area contributed by atoms with Crippen LogP contribution in [0.4, 0.5) is 11.4 Å². The van der Waals surface area contributed by atoms with Crippen molar-refractivity contribution in [1.82, 2.24) is 0 Å². The van der Waals surface area contributed by atoms with Gasteiger partial charge in [0.2, 0.25) is 0 Å². The number of rotatable bonds is 0. The van der Waals surface area contributed by atoms with Crippen molar-refractivity contribution in [3.63, 3.8) is 0 Å². The first-order valence-corrected chi connectivity index (χ1v) is 8.97. The van der Waals surface area contributed by atoms with Gasteiger partial charge >= 0.3 is 0 Å². The van der Waals surface area contributed by atoms with Crippen LogP contribution in [0.2, 0.25) is 0 Å². The van der Waals surface area contributed by atoms with Gasteiger partial charge in [-0.15, -0.1) is 20.4 Å². The molecule has 6 heteroatoms. The van der Waals surface area contributed by atoms with E-state index in [0.717, 1.165) is 43.6 Å². The highest BCUT2D eigenvalue weighted by molar-refractivity contribution is 6.08. The lowest BCUT2D eigenvalue weighted by Gasteiger charge is -2.07. The molecule has 7 rings (SSSR count). The van der Waals surface area contributed by atoms with Gasteiger partial charge in [0.15, 0.2) is 0 Å². The Morgan fingerprint density at radius 3 is 1.07 bits per heavy atom. The van der Waals surface area contributed by atoms with Gasteiger partial charge in [-0.25, -0.2) is 0 Å². The van der Waals surface area contributed by atoms with Crippen LogP contribution >= 0.6 is 0 Å². The van der Waals surface area contributed by atoms with Gasteiger partial charge in [0.05, 0.1) is 0 Å². The van der Waals surface area contributed by atoms with Crippen LogP contribution in [0.25, 0.3) is 43.1 Å². The van der Waals surface area contributed by atoms with E-state index in [4.69, 9.17) is 0 Å². The Morgan fingerprint density at radius 1 is 0.357 bits per heavy atom. The average Bonchev–Trinajstić information content (AvgIpc) is 3.33. The smallest absolute Gasteiger partial charge is 0.116 e. The number of nitrogens with zero attached hydrogens (tertiary/aromatic N) is 6. The predicted molar refractivity (Wildman–Crippen MR) is 108 cm³/mol. The highest BCUT2D eigenvalue weighted by Crippen LogP contribution is 2.31. The van der Waals surface area contributed by atoms with E-state index in [2.05, 4.69) is 67.3 Å². The molecule has 5 aromatic rings. The molecule has 0 aliphatic carbocycles. The molecule has 0 spiro atoms. The summed E-state index contributed by atoms with van der Waals surface area (Å²) in [5, 5.41) is 34.9. The largest absolute Gasteiger partial charge is 0.128 e. The molecule has 0 saturated carbocycles. The van der Waals surface area contributed by atoms with E-state index in [0.29, 0.717) is 0 Å². The van der Waals surface area contributed by atoms with E-state index >= 15 is 0 Å². The minimum Gasteiger partial charge on any atom is -0.128 e. The molecule has 0 radical (unpaired) electrons. The Kier molecular flexibility index (Phi) is 2.41. The summed E-state index contributed by atoms with van der Waals surface area (Å²) in [7, 11) is 0. The van der Waals surface area contributed by atoms with E-state index in [-0.39, 0.29) is 0 Å². The Balaban J connectivity index is 1.56. The van der Waals surface area contributed by atoms with Crippen molar-refractivity contribution < 1.29 is 0 Å². The fraction of sp³-hybridized carbons (Fsp3) is 0. The SMILES string of the molecule is c1c2c(cc3cc4cc5cc6cc7c(cc6cc5cc4cc13)=NN=N7)=NN=N2. The van der Waals surface area contributed by atoms with Crippen molar-refractivity contribution in [1.29, 1.82) is 0 Å². The number of benzene rings is 5. The van der Waals surface area contributed by atoms with Gasteiger partial charge in [0.1, 0.15) is 22.1 Å². The van der Waals surface area contributed by atoms with E-state index in [9.17, 15) is 0 Å². The zero-order valence-corrected chi connectivity index (χ0v) is 14.5. The lowest BCUT2D eigenvalue weighted by molar-refractivity contribution is 1.08. The molecule has 2 aliphatic rings. The number of hydrogen-bond donors (Lipinski definition) is 0. The van der Waals surface area contributed by atoms with E-state index in [1.165, 1.54) is 21.5 Å². The number of hydrogen-bond acceptors (Lipinski definition) is 6. The summed E-state index contributed by atoms with van der Waals surface area (Å²) in [6.07, 6.45) is 0. The van der Waals surface area contributed by atoms with Gasteiger partial charge in [-0.3, -0.25) is 0 Å². The highest BCUT2D eigenvalue weighted by Gasteiger charge is 2.09. The molecule has 0 saturated heterocycles. The lowest BCUT2D eigenvalue weighted by Crippen LogP contribution is -1.97. The first kappa shape index (κ1) is 14.1. The van der Waals surface area contributed by atoms with Gasteiger partial charge in [0.25, 0.3) is 0 Å². The third-order valence-electron chi connectivity index (χ3n) is 5.50. The molecule has 0 bridgehead atoms. The zero-order chi connectivity index (χ0) is 18.2. The van der Waals surface area contributed by atoms with Crippen molar-refractivity contribution >= 4 is 54.5 Å². The first-order valence-electron chi connectivity index (χ1n) is 8.97. The maximum atomic E-state index is 4.08. The first-order chi connectivity index (χ1) is 13.8. The normalized spacial score (nSPS) is 14.0. The fourth-order valence-electron chi connectivity index (χ4n) is 4.11. The van der Waals surface area contributed by atoms with Gasteiger partial charge in [0, 0.05) is 0 Å². The summed E-state index contributed by atoms with van der Waals surface area (Å²) < 4.78 is 0.